The Balaban J connectivity index is 3.24. The maximum atomic E-state index is 10.7. The number of aliphatic hydroxyl groups is 1. The minimum Gasteiger partial charge on any atom is -0.371 e. The monoisotopic (exact) mass is 193 g/mol. The highest BCUT2D eigenvalue weighted by Crippen LogP contribution is 2.25. The third-order valence-electron chi connectivity index (χ3n) is 2.40. The molecule has 3 nitrogen and oxygen atoms in total. The predicted molar refractivity (Wildman–Crippen MR) is 54.8 cm³/mol. The maximum absolute atomic E-state index is 10.7. The van der Waals surface area contributed by atoms with E-state index in [1.807, 2.05) is 13.8 Å². The van der Waals surface area contributed by atoms with Crippen LogP contribution in [0.5, 0.6) is 0 Å². The van der Waals surface area contributed by atoms with Crippen molar-refractivity contribution in [2.24, 2.45) is 11.7 Å². The van der Waals surface area contributed by atoms with E-state index in [9.17, 15) is 9.90 Å². The molecule has 0 radical (unpaired) electrons. The van der Waals surface area contributed by atoms with Gasteiger partial charge in [-0.2, -0.15) is 0 Å². The van der Waals surface area contributed by atoms with Gasteiger partial charge in [-0.1, -0.05) is 38.1 Å². The summed E-state index contributed by atoms with van der Waals surface area (Å²) in [5.74, 6) is -0.149. The molecule has 0 aliphatic carbocycles. The van der Waals surface area contributed by atoms with Crippen LogP contribution in [-0.2, 0) is 5.72 Å². The zero-order valence-electron chi connectivity index (χ0n) is 8.40. The van der Waals surface area contributed by atoms with Gasteiger partial charge in [-0.25, -0.2) is 0 Å². The highest BCUT2D eigenvalue weighted by Gasteiger charge is 2.29. The van der Waals surface area contributed by atoms with Gasteiger partial charge in [0.1, 0.15) is 12.0 Å². The van der Waals surface area contributed by atoms with Crippen LogP contribution in [0.3, 0.4) is 0 Å². The van der Waals surface area contributed by atoms with Crippen molar-refractivity contribution in [3.05, 3.63) is 35.4 Å². The molecule has 0 amide bonds. The third kappa shape index (κ3) is 1.84. The SMILES string of the molecule is CC(C)[C@@](N)(O)c1ccccc1C=O. The first-order chi connectivity index (χ1) is 6.50. The van der Waals surface area contributed by atoms with Crippen LogP contribution in [0.15, 0.2) is 24.3 Å². The van der Waals surface area contributed by atoms with Gasteiger partial charge >= 0.3 is 0 Å². The lowest BCUT2D eigenvalue weighted by atomic mass is 9.89. The lowest BCUT2D eigenvalue weighted by Gasteiger charge is -2.28. The summed E-state index contributed by atoms with van der Waals surface area (Å²) in [4.78, 5) is 10.7. The summed E-state index contributed by atoms with van der Waals surface area (Å²) in [6.45, 7) is 3.61. The van der Waals surface area contributed by atoms with E-state index < -0.39 is 5.72 Å². The molecule has 0 spiro atoms. The van der Waals surface area contributed by atoms with Crippen LogP contribution < -0.4 is 5.73 Å². The van der Waals surface area contributed by atoms with Gasteiger partial charge in [0.05, 0.1) is 0 Å². The Bertz CT molecular complexity index is 332. The molecule has 0 aliphatic rings. The highest BCUT2D eigenvalue weighted by atomic mass is 16.3. The van der Waals surface area contributed by atoms with Gasteiger partial charge < -0.3 is 5.11 Å². The zero-order valence-corrected chi connectivity index (χ0v) is 8.40. The number of hydrogen-bond acceptors (Lipinski definition) is 3. The van der Waals surface area contributed by atoms with Crippen molar-refractivity contribution in [1.29, 1.82) is 0 Å². The minimum atomic E-state index is -1.45. The topological polar surface area (TPSA) is 63.3 Å². The number of aldehydes is 1. The van der Waals surface area contributed by atoms with Crippen molar-refractivity contribution in [1.82, 2.24) is 0 Å². The summed E-state index contributed by atoms with van der Waals surface area (Å²) in [7, 11) is 0. The maximum Gasteiger partial charge on any atom is 0.150 e. The van der Waals surface area contributed by atoms with Crippen molar-refractivity contribution in [3.8, 4) is 0 Å². The molecule has 3 N–H and O–H groups in total. The average Bonchev–Trinajstić information content (AvgIpc) is 2.17. The number of carbonyl (C=O) groups is 1. The Kier molecular flexibility index (Phi) is 3.03. The van der Waals surface area contributed by atoms with E-state index in [2.05, 4.69) is 0 Å². The summed E-state index contributed by atoms with van der Waals surface area (Å²) >= 11 is 0. The highest BCUT2D eigenvalue weighted by molar-refractivity contribution is 5.77. The van der Waals surface area contributed by atoms with Crippen molar-refractivity contribution in [2.45, 2.75) is 19.6 Å². The van der Waals surface area contributed by atoms with E-state index in [4.69, 9.17) is 5.73 Å². The van der Waals surface area contributed by atoms with Crippen LogP contribution >= 0.6 is 0 Å². The van der Waals surface area contributed by atoms with E-state index in [1.165, 1.54) is 0 Å². The van der Waals surface area contributed by atoms with Crippen LogP contribution in [0, 0.1) is 5.92 Å². The molecule has 0 heterocycles. The van der Waals surface area contributed by atoms with Crippen molar-refractivity contribution in [2.75, 3.05) is 0 Å². The van der Waals surface area contributed by atoms with Gasteiger partial charge in [-0.3, -0.25) is 10.5 Å². The molecule has 1 aromatic rings. The van der Waals surface area contributed by atoms with Gasteiger partial charge in [0.15, 0.2) is 0 Å². The lowest BCUT2D eigenvalue weighted by Crippen LogP contribution is -2.42. The number of carbonyl (C=O) groups excluding carboxylic acids is 1. The van der Waals surface area contributed by atoms with Gasteiger partial charge in [0, 0.05) is 11.1 Å². The molecule has 0 unspecified atom stereocenters. The molecular formula is C11H15NO2. The summed E-state index contributed by atoms with van der Waals surface area (Å²) in [6.07, 6.45) is 0.704. The van der Waals surface area contributed by atoms with Gasteiger partial charge in [-0.05, 0) is 5.92 Å². The smallest absolute Gasteiger partial charge is 0.150 e. The molecule has 0 saturated heterocycles. The molecule has 14 heavy (non-hydrogen) atoms. The average molecular weight is 193 g/mol. The number of nitrogens with two attached hydrogens (primary N) is 1. The lowest BCUT2D eigenvalue weighted by molar-refractivity contribution is -0.00444. The van der Waals surface area contributed by atoms with E-state index in [0.29, 0.717) is 17.4 Å². The summed E-state index contributed by atoms with van der Waals surface area (Å²) in [5.41, 5.74) is 5.22. The Morgan fingerprint density at radius 1 is 1.43 bits per heavy atom. The second-order valence-electron chi connectivity index (χ2n) is 3.69. The number of benzene rings is 1. The fourth-order valence-electron chi connectivity index (χ4n) is 1.28. The first-order valence-electron chi connectivity index (χ1n) is 4.56. The summed E-state index contributed by atoms with van der Waals surface area (Å²) in [5, 5.41) is 9.99. The van der Waals surface area contributed by atoms with E-state index >= 15 is 0 Å². The zero-order chi connectivity index (χ0) is 10.8. The summed E-state index contributed by atoms with van der Waals surface area (Å²) in [6, 6.07) is 6.80. The fourth-order valence-corrected chi connectivity index (χ4v) is 1.28. The molecule has 0 saturated carbocycles. The Morgan fingerprint density at radius 3 is 2.50 bits per heavy atom. The normalized spacial score (nSPS) is 15.2. The largest absolute Gasteiger partial charge is 0.371 e. The quantitative estimate of drug-likeness (QED) is 0.561. The number of hydrogen-bond donors (Lipinski definition) is 2. The van der Waals surface area contributed by atoms with Crippen LogP contribution in [0.25, 0.3) is 0 Å². The second kappa shape index (κ2) is 3.90. The summed E-state index contributed by atoms with van der Waals surface area (Å²) < 4.78 is 0. The molecule has 0 fully saturated rings. The molecular weight excluding hydrogens is 178 g/mol. The molecule has 3 heteroatoms. The standard InChI is InChI=1S/C11H15NO2/c1-8(2)11(12,14)10-6-4-3-5-9(10)7-13/h3-8,14H,12H2,1-2H3/t11-/m1/s1. The Hall–Kier alpha value is -1.19. The minimum absolute atomic E-state index is 0.149. The van der Waals surface area contributed by atoms with Gasteiger partial charge in [0.25, 0.3) is 0 Å². The van der Waals surface area contributed by atoms with Crippen LogP contribution in [-0.4, -0.2) is 11.4 Å². The molecule has 76 valence electrons. The molecule has 0 aromatic heterocycles. The van der Waals surface area contributed by atoms with Crippen LogP contribution in [0.2, 0.25) is 0 Å². The Morgan fingerprint density at radius 2 is 2.00 bits per heavy atom. The Labute approximate surface area is 83.6 Å². The number of rotatable bonds is 3. The van der Waals surface area contributed by atoms with Crippen molar-refractivity contribution < 1.29 is 9.90 Å². The molecule has 0 aliphatic heterocycles. The first kappa shape index (κ1) is 10.9. The molecule has 1 aromatic carbocycles. The predicted octanol–water partition coefficient (Wildman–Crippen LogP) is 1.26. The van der Waals surface area contributed by atoms with Crippen LogP contribution in [0.1, 0.15) is 29.8 Å². The second-order valence-corrected chi connectivity index (χ2v) is 3.69. The van der Waals surface area contributed by atoms with Crippen molar-refractivity contribution >= 4 is 6.29 Å². The molecule has 1 rings (SSSR count). The molecule has 0 bridgehead atoms. The van der Waals surface area contributed by atoms with Gasteiger partial charge in [0.2, 0.25) is 0 Å². The first-order valence-corrected chi connectivity index (χ1v) is 4.56. The molecule has 1 atom stereocenters. The van der Waals surface area contributed by atoms with E-state index in [0.717, 1.165) is 0 Å². The fraction of sp³-hybridized carbons (Fsp3) is 0.364. The van der Waals surface area contributed by atoms with Crippen molar-refractivity contribution in [3.63, 3.8) is 0 Å². The van der Waals surface area contributed by atoms with Crippen LogP contribution in [0.4, 0.5) is 0 Å². The van der Waals surface area contributed by atoms with Gasteiger partial charge in [-0.15, -0.1) is 0 Å². The van der Waals surface area contributed by atoms with E-state index in [-0.39, 0.29) is 5.92 Å². The van der Waals surface area contributed by atoms with E-state index in [1.54, 1.807) is 24.3 Å². The third-order valence-corrected chi connectivity index (χ3v) is 2.40.